The summed E-state index contributed by atoms with van der Waals surface area (Å²) in [7, 11) is 0. The van der Waals surface area contributed by atoms with Crippen LogP contribution in [0.4, 0.5) is 5.95 Å². The van der Waals surface area contributed by atoms with Gasteiger partial charge in [-0.2, -0.15) is 0 Å². The maximum absolute atomic E-state index is 6.68. The molecule has 0 aromatic carbocycles. The molecule has 0 amide bonds. The van der Waals surface area contributed by atoms with Crippen molar-refractivity contribution in [2.75, 3.05) is 18.0 Å². The van der Waals surface area contributed by atoms with Crippen LogP contribution in [0.2, 0.25) is 0 Å². The number of anilines is 1. The van der Waals surface area contributed by atoms with E-state index in [1.165, 1.54) is 0 Å². The Morgan fingerprint density at radius 3 is 2.45 bits per heavy atom. The molecule has 2 N–H and O–H groups in total. The highest BCUT2D eigenvalue weighted by Crippen LogP contribution is 2.43. The van der Waals surface area contributed by atoms with Crippen LogP contribution in [0.15, 0.2) is 18.7 Å². The molecule has 1 aromatic heterocycles. The van der Waals surface area contributed by atoms with Crippen LogP contribution < -0.4 is 10.6 Å². The lowest BCUT2D eigenvalue weighted by Gasteiger charge is -2.38. The Kier molecular flexibility index (Phi) is 3.87. The fraction of sp³-hybridized carbons (Fsp3) is 0.625. The van der Waals surface area contributed by atoms with Crippen molar-refractivity contribution >= 4 is 5.95 Å². The molecule has 4 heteroatoms. The SMILES string of the molecule is C=CC[C@@]1(C)CN(c2nc(C)cc(C)n2)C[C@@]1(N)CC. The van der Waals surface area contributed by atoms with Crippen molar-refractivity contribution in [3.05, 3.63) is 30.1 Å². The van der Waals surface area contributed by atoms with Gasteiger partial charge in [0.25, 0.3) is 0 Å². The lowest BCUT2D eigenvalue weighted by atomic mass is 9.70. The summed E-state index contributed by atoms with van der Waals surface area (Å²) in [4.78, 5) is 11.4. The minimum Gasteiger partial charge on any atom is -0.338 e. The van der Waals surface area contributed by atoms with Crippen LogP contribution in [0.5, 0.6) is 0 Å². The van der Waals surface area contributed by atoms with Gasteiger partial charge < -0.3 is 10.6 Å². The second-order valence-corrected chi connectivity index (χ2v) is 6.37. The summed E-state index contributed by atoms with van der Waals surface area (Å²) in [6.07, 6.45) is 3.83. The molecular formula is C16H26N4. The van der Waals surface area contributed by atoms with Gasteiger partial charge in [0.2, 0.25) is 5.95 Å². The Morgan fingerprint density at radius 2 is 1.95 bits per heavy atom. The molecule has 2 heterocycles. The molecule has 0 radical (unpaired) electrons. The number of hydrogen-bond donors (Lipinski definition) is 1. The summed E-state index contributed by atoms with van der Waals surface area (Å²) in [5, 5.41) is 0. The van der Waals surface area contributed by atoms with Gasteiger partial charge >= 0.3 is 0 Å². The topological polar surface area (TPSA) is 55.0 Å². The van der Waals surface area contributed by atoms with Crippen LogP contribution in [-0.4, -0.2) is 28.6 Å². The highest BCUT2D eigenvalue weighted by molar-refractivity contribution is 5.38. The van der Waals surface area contributed by atoms with E-state index in [0.717, 1.165) is 43.3 Å². The zero-order valence-corrected chi connectivity index (χ0v) is 13.1. The first kappa shape index (κ1) is 15.0. The van der Waals surface area contributed by atoms with Gasteiger partial charge in [0.1, 0.15) is 0 Å². The lowest BCUT2D eigenvalue weighted by molar-refractivity contribution is 0.204. The maximum Gasteiger partial charge on any atom is 0.225 e. The van der Waals surface area contributed by atoms with Crippen LogP contribution in [0.3, 0.4) is 0 Å². The second kappa shape index (κ2) is 5.17. The highest BCUT2D eigenvalue weighted by Gasteiger charge is 2.51. The molecule has 2 atom stereocenters. The number of rotatable bonds is 4. The first-order valence-electron chi connectivity index (χ1n) is 7.30. The van der Waals surface area contributed by atoms with Crippen LogP contribution in [0.1, 0.15) is 38.1 Å². The molecule has 0 aliphatic carbocycles. The number of aromatic nitrogens is 2. The summed E-state index contributed by atoms with van der Waals surface area (Å²) in [6.45, 7) is 14.0. The number of nitrogens with two attached hydrogens (primary N) is 1. The van der Waals surface area contributed by atoms with E-state index < -0.39 is 0 Å². The van der Waals surface area contributed by atoms with Gasteiger partial charge in [-0.15, -0.1) is 6.58 Å². The number of aryl methyl sites for hydroxylation is 2. The summed E-state index contributed by atoms with van der Waals surface area (Å²) in [5.74, 6) is 0.804. The normalized spacial score (nSPS) is 29.8. The van der Waals surface area contributed by atoms with Crippen molar-refractivity contribution < 1.29 is 0 Å². The molecule has 1 aromatic rings. The van der Waals surface area contributed by atoms with Crippen molar-refractivity contribution in [2.45, 2.75) is 46.1 Å². The van der Waals surface area contributed by atoms with Crippen molar-refractivity contribution in [3.8, 4) is 0 Å². The molecular weight excluding hydrogens is 248 g/mol. The molecule has 0 unspecified atom stereocenters. The Morgan fingerprint density at radius 1 is 1.35 bits per heavy atom. The number of hydrogen-bond acceptors (Lipinski definition) is 4. The van der Waals surface area contributed by atoms with Crippen molar-refractivity contribution in [1.29, 1.82) is 0 Å². The van der Waals surface area contributed by atoms with Gasteiger partial charge in [0, 0.05) is 35.4 Å². The first-order valence-corrected chi connectivity index (χ1v) is 7.30. The van der Waals surface area contributed by atoms with Gasteiger partial charge in [-0.05, 0) is 32.8 Å². The zero-order valence-electron chi connectivity index (χ0n) is 13.1. The van der Waals surface area contributed by atoms with E-state index in [-0.39, 0.29) is 11.0 Å². The summed E-state index contributed by atoms with van der Waals surface area (Å²) in [6, 6.07) is 2.00. The average Bonchev–Trinajstić information content (AvgIpc) is 2.62. The average molecular weight is 274 g/mol. The quantitative estimate of drug-likeness (QED) is 0.858. The third-order valence-corrected chi connectivity index (χ3v) is 4.69. The molecule has 0 bridgehead atoms. The first-order chi connectivity index (χ1) is 9.33. The molecule has 20 heavy (non-hydrogen) atoms. The zero-order chi connectivity index (χ0) is 15.0. The highest BCUT2D eigenvalue weighted by atomic mass is 15.3. The predicted molar refractivity (Wildman–Crippen MR) is 83.8 cm³/mol. The van der Waals surface area contributed by atoms with E-state index >= 15 is 0 Å². The summed E-state index contributed by atoms with van der Waals surface area (Å²) >= 11 is 0. The molecule has 1 fully saturated rings. The predicted octanol–water partition coefficient (Wildman–Crippen LogP) is 2.60. The van der Waals surface area contributed by atoms with Crippen LogP contribution in [0, 0.1) is 19.3 Å². The Balaban J connectivity index is 2.35. The summed E-state index contributed by atoms with van der Waals surface area (Å²) < 4.78 is 0. The molecule has 110 valence electrons. The fourth-order valence-corrected chi connectivity index (χ4v) is 3.28. The maximum atomic E-state index is 6.68. The van der Waals surface area contributed by atoms with E-state index in [9.17, 15) is 0 Å². The Bertz CT molecular complexity index is 493. The molecule has 0 saturated carbocycles. The van der Waals surface area contributed by atoms with Crippen molar-refractivity contribution in [3.63, 3.8) is 0 Å². The number of nitrogens with zero attached hydrogens (tertiary/aromatic N) is 3. The van der Waals surface area contributed by atoms with E-state index in [1.807, 2.05) is 26.0 Å². The molecule has 4 nitrogen and oxygen atoms in total. The van der Waals surface area contributed by atoms with Crippen molar-refractivity contribution in [2.24, 2.45) is 11.1 Å². The minimum absolute atomic E-state index is 0.0184. The largest absolute Gasteiger partial charge is 0.338 e. The van der Waals surface area contributed by atoms with E-state index in [1.54, 1.807) is 0 Å². The third kappa shape index (κ3) is 2.44. The molecule has 1 saturated heterocycles. The third-order valence-electron chi connectivity index (χ3n) is 4.69. The molecule has 0 spiro atoms. The van der Waals surface area contributed by atoms with E-state index in [0.29, 0.717) is 0 Å². The fourth-order valence-electron chi connectivity index (χ4n) is 3.28. The smallest absolute Gasteiger partial charge is 0.225 e. The van der Waals surface area contributed by atoms with Gasteiger partial charge in [0.15, 0.2) is 0 Å². The monoisotopic (exact) mass is 274 g/mol. The molecule has 2 rings (SSSR count). The van der Waals surface area contributed by atoms with E-state index in [2.05, 4.69) is 35.3 Å². The van der Waals surface area contributed by atoms with Crippen LogP contribution in [0.25, 0.3) is 0 Å². The molecule has 1 aliphatic heterocycles. The van der Waals surface area contributed by atoms with Crippen molar-refractivity contribution in [1.82, 2.24) is 9.97 Å². The van der Waals surface area contributed by atoms with Gasteiger partial charge in [0.05, 0.1) is 0 Å². The Labute approximate surface area is 122 Å². The van der Waals surface area contributed by atoms with Gasteiger partial charge in [-0.1, -0.05) is 19.9 Å². The van der Waals surface area contributed by atoms with Gasteiger partial charge in [-0.3, -0.25) is 0 Å². The van der Waals surface area contributed by atoms with Crippen LogP contribution in [-0.2, 0) is 0 Å². The lowest BCUT2D eigenvalue weighted by Crippen LogP contribution is -2.53. The summed E-state index contributed by atoms with van der Waals surface area (Å²) in [5.41, 5.74) is 8.49. The molecule has 1 aliphatic rings. The van der Waals surface area contributed by atoms with E-state index in [4.69, 9.17) is 5.73 Å². The van der Waals surface area contributed by atoms with Gasteiger partial charge in [-0.25, -0.2) is 9.97 Å². The van der Waals surface area contributed by atoms with Crippen LogP contribution >= 0.6 is 0 Å². The number of allylic oxidation sites excluding steroid dienone is 1. The second-order valence-electron chi connectivity index (χ2n) is 6.37. The Hall–Kier alpha value is -1.42. The standard InChI is InChI=1S/C16H26N4/c1-6-8-15(5)10-20(11-16(15,17)7-2)14-18-12(3)9-13(4)19-14/h6,9H,1,7-8,10-11,17H2,2-5H3/t15-,16-/m0/s1. The minimum atomic E-state index is -0.220.